The minimum atomic E-state index is -0.286. The van der Waals surface area contributed by atoms with E-state index in [9.17, 15) is 0 Å². The molecule has 0 aromatic heterocycles. The van der Waals surface area contributed by atoms with Crippen molar-refractivity contribution >= 4 is 39.1 Å². The smallest absolute Gasteiger partial charge is 0.0731 e. The third-order valence-electron chi connectivity index (χ3n) is 2.63. The van der Waals surface area contributed by atoms with Gasteiger partial charge in [0.15, 0.2) is 0 Å². The fraction of sp³-hybridized carbons (Fsp3) is 1.00. The molecule has 0 rings (SSSR count). The first kappa shape index (κ1) is 15.1. The zero-order valence-electron chi connectivity index (χ0n) is 9.32. The van der Waals surface area contributed by atoms with Crippen molar-refractivity contribution in [2.45, 2.75) is 68.0 Å². The van der Waals surface area contributed by atoms with E-state index in [1.165, 1.54) is 6.42 Å². The second-order valence-corrected chi connectivity index (χ2v) is 6.51. The van der Waals surface area contributed by atoms with Gasteiger partial charge in [0, 0.05) is 4.83 Å². The van der Waals surface area contributed by atoms with Crippen LogP contribution < -0.4 is 0 Å². The van der Waals surface area contributed by atoms with E-state index in [1.54, 1.807) is 0 Å². The van der Waals surface area contributed by atoms with Gasteiger partial charge in [-0.1, -0.05) is 56.0 Å². The largest absolute Gasteiger partial charge is 0.121 e. The zero-order valence-corrected chi connectivity index (χ0v) is 12.4. The molecule has 0 saturated carbocycles. The molecule has 0 heterocycles. The number of alkyl halides is 3. The molecule has 0 nitrogen and oxygen atoms in total. The molecule has 14 heavy (non-hydrogen) atoms. The van der Waals surface area contributed by atoms with E-state index >= 15 is 0 Å². The average Bonchev–Trinajstić information content (AvgIpc) is 2.14. The predicted octanol–water partition coefficient (Wildman–Crippen LogP) is 5.35. The van der Waals surface area contributed by atoms with Crippen LogP contribution in [0, 0.1) is 0 Å². The van der Waals surface area contributed by atoms with Gasteiger partial charge in [0.2, 0.25) is 0 Å². The Labute approximate surface area is 107 Å². The SMILES string of the molecule is CCCCC(Cl)C(Cl)(CCC)C(C)Br. The fourth-order valence-electron chi connectivity index (χ4n) is 1.61. The predicted molar refractivity (Wildman–Crippen MR) is 71.0 cm³/mol. The Hall–Kier alpha value is 1.06. The molecule has 0 radical (unpaired) electrons. The Bertz CT molecular complexity index is 150. The minimum absolute atomic E-state index is 0.0680. The molecule has 3 heteroatoms. The van der Waals surface area contributed by atoms with Crippen LogP contribution in [-0.4, -0.2) is 15.1 Å². The van der Waals surface area contributed by atoms with Crippen molar-refractivity contribution in [1.82, 2.24) is 0 Å². The van der Waals surface area contributed by atoms with Crippen LogP contribution in [0.1, 0.15) is 52.9 Å². The van der Waals surface area contributed by atoms with E-state index in [4.69, 9.17) is 23.2 Å². The molecule has 0 aliphatic heterocycles. The van der Waals surface area contributed by atoms with E-state index in [0.717, 1.165) is 25.7 Å². The van der Waals surface area contributed by atoms with Crippen molar-refractivity contribution in [2.75, 3.05) is 0 Å². The third kappa shape index (κ3) is 4.28. The molecule has 0 aromatic rings. The molecule has 0 fully saturated rings. The van der Waals surface area contributed by atoms with Gasteiger partial charge in [-0.2, -0.15) is 0 Å². The summed E-state index contributed by atoms with van der Waals surface area (Å²) in [6, 6.07) is 0. The van der Waals surface area contributed by atoms with E-state index in [1.807, 2.05) is 0 Å². The standard InChI is InChI=1S/C11H21BrCl2/c1-4-6-7-10(13)11(14,8-5-2)9(3)12/h9-10H,4-8H2,1-3H3. The maximum absolute atomic E-state index is 6.58. The van der Waals surface area contributed by atoms with Gasteiger partial charge in [0.05, 0.1) is 10.3 Å². The topological polar surface area (TPSA) is 0 Å². The van der Waals surface area contributed by atoms with Crippen LogP contribution in [-0.2, 0) is 0 Å². The molecule has 0 aliphatic carbocycles. The summed E-state index contributed by atoms with van der Waals surface area (Å²) in [7, 11) is 0. The van der Waals surface area contributed by atoms with Gasteiger partial charge in [0.1, 0.15) is 0 Å². The van der Waals surface area contributed by atoms with Gasteiger partial charge >= 0.3 is 0 Å². The summed E-state index contributed by atoms with van der Waals surface area (Å²) >= 11 is 16.5. The minimum Gasteiger partial charge on any atom is -0.121 e. The van der Waals surface area contributed by atoms with Crippen molar-refractivity contribution in [3.63, 3.8) is 0 Å². The highest BCUT2D eigenvalue weighted by Crippen LogP contribution is 2.39. The summed E-state index contributed by atoms with van der Waals surface area (Å²) in [6.07, 6.45) is 5.40. The van der Waals surface area contributed by atoms with Gasteiger partial charge in [-0.05, 0) is 12.8 Å². The van der Waals surface area contributed by atoms with Crippen LogP contribution in [0.2, 0.25) is 0 Å². The summed E-state index contributed by atoms with van der Waals surface area (Å²) in [6.45, 7) is 6.41. The van der Waals surface area contributed by atoms with E-state index in [2.05, 4.69) is 36.7 Å². The highest BCUT2D eigenvalue weighted by molar-refractivity contribution is 9.09. The first-order valence-electron chi connectivity index (χ1n) is 5.46. The lowest BCUT2D eigenvalue weighted by Gasteiger charge is -2.34. The van der Waals surface area contributed by atoms with Crippen LogP contribution >= 0.6 is 39.1 Å². The lowest BCUT2D eigenvalue weighted by Crippen LogP contribution is -2.40. The summed E-state index contributed by atoms with van der Waals surface area (Å²) in [5.41, 5.74) is 0. The van der Waals surface area contributed by atoms with Crippen LogP contribution in [0.5, 0.6) is 0 Å². The summed E-state index contributed by atoms with van der Waals surface area (Å²) in [5.74, 6) is 0. The van der Waals surface area contributed by atoms with Crippen molar-refractivity contribution in [1.29, 1.82) is 0 Å². The normalized spacial score (nSPS) is 20.1. The number of unbranched alkanes of at least 4 members (excludes halogenated alkanes) is 1. The van der Waals surface area contributed by atoms with Gasteiger partial charge in [0.25, 0.3) is 0 Å². The Morgan fingerprint density at radius 3 is 2.21 bits per heavy atom. The average molecular weight is 304 g/mol. The quantitative estimate of drug-likeness (QED) is 0.557. The lowest BCUT2D eigenvalue weighted by atomic mass is 9.92. The molecule has 3 unspecified atom stereocenters. The molecule has 0 saturated heterocycles. The van der Waals surface area contributed by atoms with Crippen LogP contribution in [0.15, 0.2) is 0 Å². The van der Waals surface area contributed by atoms with E-state index in [0.29, 0.717) is 0 Å². The highest BCUT2D eigenvalue weighted by Gasteiger charge is 2.38. The first-order chi connectivity index (χ1) is 6.49. The summed E-state index contributed by atoms with van der Waals surface area (Å²) in [5, 5.41) is 0.0680. The van der Waals surface area contributed by atoms with Crippen molar-refractivity contribution in [3.8, 4) is 0 Å². The molecule has 0 bridgehead atoms. The molecule has 0 spiro atoms. The van der Waals surface area contributed by atoms with Gasteiger partial charge in [-0.3, -0.25) is 0 Å². The van der Waals surface area contributed by atoms with Crippen LogP contribution in [0.25, 0.3) is 0 Å². The van der Waals surface area contributed by atoms with Gasteiger partial charge in [-0.25, -0.2) is 0 Å². The van der Waals surface area contributed by atoms with E-state index < -0.39 is 0 Å². The molecular weight excluding hydrogens is 283 g/mol. The molecule has 0 amide bonds. The lowest BCUT2D eigenvalue weighted by molar-refractivity contribution is 0.467. The summed E-state index contributed by atoms with van der Waals surface area (Å²) < 4.78 is 0. The Balaban J connectivity index is 4.31. The van der Waals surface area contributed by atoms with E-state index in [-0.39, 0.29) is 15.1 Å². The fourth-order valence-corrected chi connectivity index (χ4v) is 3.06. The Morgan fingerprint density at radius 2 is 1.86 bits per heavy atom. The third-order valence-corrected chi connectivity index (χ3v) is 5.21. The van der Waals surface area contributed by atoms with Gasteiger partial charge in [-0.15, -0.1) is 23.2 Å². The number of halogens is 3. The monoisotopic (exact) mass is 302 g/mol. The van der Waals surface area contributed by atoms with Crippen molar-refractivity contribution in [2.24, 2.45) is 0 Å². The number of hydrogen-bond acceptors (Lipinski definition) is 0. The second-order valence-electron chi connectivity index (χ2n) is 3.90. The number of rotatable bonds is 7. The Morgan fingerprint density at radius 1 is 1.29 bits per heavy atom. The zero-order chi connectivity index (χ0) is 11.2. The molecule has 0 aromatic carbocycles. The maximum atomic E-state index is 6.58. The van der Waals surface area contributed by atoms with Gasteiger partial charge < -0.3 is 0 Å². The highest BCUT2D eigenvalue weighted by atomic mass is 79.9. The number of hydrogen-bond donors (Lipinski definition) is 0. The molecule has 0 aliphatic rings. The molecule has 86 valence electrons. The van der Waals surface area contributed by atoms with Crippen LogP contribution in [0.3, 0.4) is 0 Å². The van der Waals surface area contributed by atoms with Crippen molar-refractivity contribution < 1.29 is 0 Å². The summed E-state index contributed by atoms with van der Waals surface area (Å²) in [4.78, 5) is -0.0261. The maximum Gasteiger partial charge on any atom is 0.0731 e. The second kappa shape index (κ2) is 7.35. The first-order valence-corrected chi connectivity index (χ1v) is 7.19. The van der Waals surface area contributed by atoms with Crippen molar-refractivity contribution in [3.05, 3.63) is 0 Å². The molecule has 0 N–H and O–H groups in total. The Kier molecular flexibility index (Phi) is 7.91. The van der Waals surface area contributed by atoms with Crippen LogP contribution in [0.4, 0.5) is 0 Å². The molecular formula is C11H21BrCl2. The molecule has 3 atom stereocenters.